The topological polar surface area (TPSA) is 98.6 Å². The largest absolute Gasteiger partial charge is 0.490 e. The van der Waals surface area contributed by atoms with Crippen molar-refractivity contribution in [3.05, 3.63) is 43.7 Å². The molecule has 158 valence electrons. The summed E-state index contributed by atoms with van der Waals surface area (Å²) in [5.41, 5.74) is 0.706. The fraction of sp³-hybridized carbons (Fsp3) is 0.300. The van der Waals surface area contributed by atoms with E-state index in [4.69, 9.17) is 19.6 Å². The maximum atomic E-state index is 12.8. The standard InChI is InChI=1S/C20H19BrN2O5S2/c1-3-26-13-8-11(7-12(21)18(13)28-10-15(24)27-4-2)9-14-17(25)16(19(22)30-14)20-23-5-6-29-20/h5-9,16,22H,3-4,10H2,1-2H3/b14-9-,22-19?/t16-/m0/s1. The van der Waals surface area contributed by atoms with Gasteiger partial charge in [0.05, 0.1) is 27.6 Å². The van der Waals surface area contributed by atoms with Crippen LogP contribution in [0.2, 0.25) is 0 Å². The summed E-state index contributed by atoms with van der Waals surface area (Å²) in [4.78, 5) is 29.1. The molecule has 1 N–H and O–H groups in total. The van der Waals surface area contributed by atoms with Crippen LogP contribution in [0.1, 0.15) is 30.3 Å². The van der Waals surface area contributed by atoms with E-state index in [0.29, 0.717) is 38.1 Å². The van der Waals surface area contributed by atoms with Gasteiger partial charge in [0.1, 0.15) is 10.9 Å². The van der Waals surface area contributed by atoms with Crippen molar-refractivity contribution >= 4 is 61.9 Å². The third-order valence-corrected chi connectivity index (χ3v) is 6.38. The van der Waals surface area contributed by atoms with Gasteiger partial charge in [-0.3, -0.25) is 10.2 Å². The molecule has 1 atom stereocenters. The Hall–Kier alpha value is -2.17. The van der Waals surface area contributed by atoms with Gasteiger partial charge in [0.2, 0.25) is 0 Å². The van der Waals surface area contributed by atoms with Crippen LogP contribution in [0, 0.1) is 5.41 Å². The molecule has 1 aliphatic rings. The number of ketones is 1. The fourth-order valence-corrected chi connectivity index (χ4v) is 5.13. The molecule has 0 bridgehead atoms. The molecule has 2 heterocycles. The van der Waals surface area contributed by atoms with Crippen LogP contribution in [0.25, 0.3) is 6.08 Å². The van der Waals surface area contributed by atoms with E-state index in [1.54, 1.807) is 36.7 Å². The maximum absolute atomic E-state index is 12.8. The molecule has 0 spiro atoms. The van der Waals surface area contributed by atoms with E-state index < -0.39 is 11.9 Å². The first kappa shape index (κ1) is 22.5. The minimum atomic E-state index is -0.636. The van der Waals surface area contributed by atoms with E-state index in [2.05, 4.69) is 20.9 Å². The van der Waals surface area contributed by atoms with Gasteiger partial charge in [0.15, 0.2) is 23.9 Å². The minimum Gasteiger partial charge on any atom is -0.490 e. The average molecular weight is 511 g/mol. The maximum Gasteiger partial charge on any atom is 0.344 e. The Kier molecular flexibility index (Phi) is 7.68. The number of carbonyl (C=O) groups is 2. The molecular formula is C20H19BrN2O5S2. The lowest BCUT2D eigenvalue weighted by atomic mass is 10.0. The lowest BCUT2D eigenvalue weighted by Crippen LogP contribution is -2.15. The number of thiazole rings is 1. The second kappa shape index (κ2) is 10.2. The van der Waals surface area contributed by atoms with Crippen LogP contribution in [-0.4, -0.2) is 41.6 Å². The normalized spacial score (nSPS) is 17.4. The van der Waals surface area contributed by atoms with E-state index in [9.17, 15) is 9.59 Å². The number of hydrogen-bond acceptors (Lipinski definition) is 9. The molecule has 1 aromatic heterocycles. The molecule has 1 aliphatic heterocycles. The quantitative estimate of drug-likeness (QED) is 0.407. The Labute approximate surface area is 190 Å². The predicted molar refractivity (Wildman–Crippen MR) is 121 cm³/mol. The van der Waals surface area contributed by atoms with Gasteiger partial charge in [-0.05, 0) is 53.5 Å². The number of nitrogens with one attached hydrogen (secondary N) is 1. The average Bonchev–Trinajstić information content (AvgIpc) is 3.30. The first-order valence-corrected chi connectivity index (χ1v) is 11.6. The highest BCUT2D eigenvalue weighted by Gasteiger charge is 2.38. The highest BCUT2D eigenvalue weighted by Crippen LogP contribution is 2.43. The third kappa shape index (κ3) is 5.11. The molecule has 0 amide bonds. The number of hydrogen-bond donors (Lipinski definition) is 1. The third-order valence-electron chi connectivity index (χ3n) is 3.95. The van der Waals surface area contributed by atoms with Crippen molar-refractivity contribution in [2.45, 2.75) is 19.8 Å². The van der Waals surface area contributed by atoms with Gasteiger partial charge in [-0.15, -0.1) is 11.3 Å². The fourth-order valence-electron chi connectivity index (χ4n) is 2.75. The number of allylic oxidation sites excluding steroid dienone is 1. The Morgan fingerprint density at radius 2 is 2.10 bits per heavy atom. The number of Topliss-reactive ketones (excluding diaryl/α,β-unsaturated/α-hetero) is 1. The van der Waals surface area contributed by atoms with Gasteiger partial charge >= 0.3 is 5.97 Å². The van der Waals surface area contributed by atoms with Crippen molar-refractivity contribution < 1.29 is 23.8 Å². The number of ether oxygens (including phenoxy) is 3. The van der Waals surface area contributed by atoms with Crippen LogP contribution >= 0.6 is 39.0 Å². The summed E-state index contributed by atoms with van der Waals surface area (Å²) in [5.74, 6) is -0.437. The SMILES string of the molecule is CCOC(=O)COc1c(Br)cc(/C=C2\SC(=N)[C@@H](c3nccs3)C2=O)cc1OCC. The van der Waals surface area contributed by atoms with Gasteiger partial charge in [0, 0.05) is 11.6 Å². The molecule has 1 fully saturated rings. The summed E-state index contributed by atoms with van der Waals surface area (Å²) in [7, 11) is 0. The zero-order valence-electron chi connectivity index (χ0n) is 16.3. The molecular weight excluding hydrogens is 492 g/mol. The Morgan fingerprint density at radius 3 is 2.77 bits per heavy atom. The van der Waals surface area contributed by atoms with Crippen LogP contribution in [0.15, 0.2) is 33.1 Å². The van der Waals surface area contributed by atoms with Crippen LogP contribution < -0.4 is 9.47 Å². The lowest BCUT2D eigenvalue weighted by Gasteiger charge is -2.14. The van der Waals surface area contributed by atoms with Gasteiger partial charge in [-0.1, -0.05) is 11.8 Å². The molecule has 0 radical (unpaired) electrons. The number of nitrogens with zero attached hydrogens (tertiary/aromatic N) is 1. The van der Waals surface area contributed by atoms with Crippen molar-refractivity contribution in [2.24, 2.45) is 0 Å². The predicted octanol–water partition coefficient (Wildman–Crippen LogP) is 4.66. The molecule has 1 aromatic carbocycles. The number of esters is 1. The van der Waals surface area contributed by atoms with Crippen molar-refractivity contribution in [1.29, 1.82) is 5.41 Å². The number of thioether (sulfide) groups is 1. The second-order valence-electron chi connectivity index (χ2n) is 6.00. The van der Waals surface area contributed by atoms with Gasteiger partial charge in [-0.2, -0.15) is 0 Å². The molecule has 7 nitrogen and oxygen atoms in total. The smallest absolute Gasteiger partial charge is 0.344 e. The van der Waals surface area contributed by atoms with Crippen molar-refractivity contribution in [3.63, 3.8) is 0 Å². The molecule has 30 heavy (non-hydrogen) atoms. The van der Waals surface area contributed by atoms with Gasteiger partial charge in [-0.25, -0.2) is 9.78 Å². The van der Waals surface area contributed by atoms with Crippen molar-refractivity contribution in [3.8, 4) is 11.5 Å². The molecule has 10 heteroatoms. The lowest BCUT2D eigenvalue weighted by molar-refractivity contribution is -0.145. The molecule has 0 aliphatic carbocycles. The summed E-state index contributed by atoms with van der Waals surface area (Å²) in [5, 5.41) is 10.9. The zero-order chi connectivity index (χ0) is 21.7. The van der Waals surface area contributed by atoms with Crippen LogP contribution in [0.3, 0.4) is 0 Å². The molecule has 2 aromatic rings. The number of benzene rings is 1. The van der Waals surface area contributed by atoms with E-state index >= 15 is 0 Å². The summed E-state index contributed by atoms with van der Waals surface area (Å²) in [6.45, 7) is 3.99. The summed E-state index contributed by atoms with van der Waals surface area (Å²) in [6.07, 6.45) is 3.35. The second-order valence-corrected chi connectivity index (χ2v) is 8.86. The Morgan fingerprint density at radius 1 is 1.30 bits per heavy atom. The Balaban J connectivity index is 1.86. The highest BCUT2D eigenvalue weighted by atomic mass is 79.9. The number of carbonyl (C=O) groups excluding carboxylic acids is 2. The molecule has 3 rings (SSSR count). The monoisotopic (exact) mass is 510 g/mol. The first-order valence-electron chi connectivity index (χ1n) is 9.10. The summed E-state index contributed by atoms with van der Waals surface area (Å²) < 4.78 is 16.7. The molecule has 0 unspecified atom stereocenters. The molecule has 0 saturated carbocycles. The molecule has 1 saturated heterocycles. The van der Waals surface area contributed by atoms with E-state index in [-0.39, 0.29) is 24.0 Å². The summed E-state index contributed by atoms with van der Waals surface area (Å²) in [6, 6.07) is 3.50. The van der Waals surface area contributed by atoms with Crippen LogP contribution in [0.4, 0.5) is 0 Å². The summed E-state index contributed by atoms with van der Waals surface area (Å²) >= 11 is 5.95. The zero-order valence-corrected chi connectivity index (χ0v) is 19.5. The van der Waals surface area contributed by atoms with Crippen LogP contribution in [0.5, 0.6) is 11.5 Å². The van der Waals surface area contributed by atoms with Gasteiger partial charge < -0.3 is 14.2 Å². The van der Waals surface area contributed by atoms with E-state index in [1.165, 1.54) is 11.3 Å². The van der Waals surface area contributed by atoms with E-state index in [0.717, 1.165) is 11.8 Å². The van der Waals surface area contributed by atoms with E-state index in [1.807, 2.05) is 6.92 Å². The first-order chi connectivity index (χ1) is 14.4. The van der Waals surface area contributed by atoms with Crippen molar-refractivity contribution in [2.75, 3.05) is 19.8 Å². The Bertz CT molecular complexity index is 991. The van der Waals surface area contributed by atoms with Gasteiger partial charge in [0.25, 0.3) is 0 Å². The minimum absolute atomic E-state index is 0.142. The number of rotatable bonds is 8. The highest BCUT2D eigenvalue weighted by molar-refractivity contribution is 9.10. The number of halogens is 1. The number of aromatic nitrogens is 1. The van der Waals surface area contributed by atoms with Crippen LogP contribution in [-0.2, 0) is 14.3 Å². The van der Waals surface area contributed by atoms with Crippen molar-refractivity contribution in [1.82, 2.24) is 4.98 Å².